The van der Waals surface area contributed by atoms with Crippen molar-refractivity contribution in [2.24, 2.45) is 0 Å². The van der Waals surface area contributed by atoms with Gasteiger partial charge in [-0.3, -0.25) is 0 Å². The van der Waals surface area contributed by atoms with Crippen LogP contribution < -0.4 is 10.4 Å². The number of fused-ring (bicyclic) bond motifs is 1. The second kappa shape index (κ2) is 3.42. The molecule has 0 radical (unpaired) electrons. The number of hydrogen-bond donors (Lipinski definition) is 0. The quantitative estimate of drug-likeness (QED) is 0.669. The molecular formula is C12H12O3. The molecule has 0 fully saturated rings. The van der Waals surface area contributed by atoms with Crippen molar-refractivity contribution in [3.8, 4) is 5.75 Å². The second-order valence-electron chi connectivity index (χ2n) is 3.59. The number of rotatable bonds is 1. The Morgan fingerprint density at radius 1 is 1.20 bits per heavy atom. The monoisotopic (exact) mass is 204 g/mol. The summed E-state index contributed by atoms with van der Waals surface area (Å²) >= 11 is 0. The van der Waals surface area contributed by atoms with Crippen LogP contribution in [0.4, 0.5) is 0 Å². The van der Waals surface area contributed by atoms with Gasteiger partial charge in [0, 0.05) is 11.5 Å². The van der Waals surface area contributed by atoms with E-state index in [9.17, 15) is 4.79 Å². The predicted molar refractivity (Wildman–Crippen MR) is 58.5 cm³/mol. The van der Waals surface area contributed by atoms with E-state index in [1.165, 1.54) is 6.07 Å². The minimum Gasteiger partial charge on any atom is -0.493 e. The normalized spacial score (nSPS) is 10.6. The van der Waals surface area contributed by atoms with Gasteiger partial charge < -0.3 is 9.15 Å². The summed E-state index contributed by atoms with van der Waals surface area (Å²) in [5, 5.41) is 0.923. The summed E-state index contributed by atoms with van der Waals surface area (Å²) < 4.78 is 10.3. The molecule has 0 saturated heterocycles. The summed E-state index contributed by atoms with van der Waals surface area (Å²) in [4.78, 5) is 11.2. The topological polar surface area (TPSA) is 39.4 Å². The van der Waals surface area contributed by atoms with E-state index in [1.807, 2.05) is 26.0 Å². The standard InChI is InChI=1S/C12H12O3/c1-7-4-9-8(2)6-11(13)15-12(9)10(5-7)14-3/h4-6H,1-3H3. The van der Waals surface area contributed by atoms with Crippen LogP contribution in [-0.4, -0.2) is 7.11 Å². The number of hydrogen-bond acceptors (Lipinski definition) is 3. The molecule has 0 aliphatic rings. The van der Waals surface area contributed by atoms with Gasteiger partial charge in [-0.05, 0) is 37.1 Å². The molecule has 1 heterocycles. The van der Waals surface area contributed by atoms with Gasteiger partial charge in [0.05, 0.1) is 7.11 Å². The average Bonchev–Trinajstić information content (AvgIpc) is 2.18. The lowest BCUT2D eigenvalue weighted by molar-refractivity contribution is 0.406. The summed E-state index contributed by atoms with van der Waals surface area (Å²) in [5.41, 5.74) is 2.16. The van der Waals surface area contributed by atoms with E-state index in [0.717, 1.165) is 16.5 Å². The third-order valence-electron chi connectivity index (χ3n) is 2.38. The minimum atomic E-state index is -0.345. The first kappa shape index (κ1) is 9.77. The Morgan fingerprint density at radius 3 is 2.60 bits per heavy atom. The maximum atomic E-state index is 11.2. The molecule has 0 saturated carbocycles. The van der Waals surface area contributed by atoms with Crippen LogP contribution in [0.1, 0.15) is 11.1 Å². The predicted octanol–water partition coefficient (Wildman–Crippen LogP) is 2.42. The largest absolute Gasteiger partial charge is 0.493 e. The highest BCUT2D eigenvalue weighted by Crippen LogP contribution is 2.27. The number of benzene rings is 1. The van der Waals surface area contributed by atoms with Gasteiger partial charge in [0.25, 0.3) is 0 Å². The van der Waals surface area contributed by atoms with Crippen molar-refractivity contribution in [2.45, 2.75) is 13.8 Å². The maximum Gasteiger partial charge on any atom is 0.336 e. The molecule has 0 spiro atoms. The molecule has 3 nitrogen and oxygen atoms in total. The van der Waals surface area contributed by atoms with Crippen LogP contribution in [0.15, 0.2) is 27.4 Å². The van der Waals surface area contributed by atoms with E-state index in [-0.39, 0.29) is 5.63 Å². The lowest BCUT2D eigenvalue weighted by Gasteiger charge is -2.06. The lowest BCUT2D eigenvalue weighted by atomic mass is 10.1. The SMILES string of the molecule is COc1cc(C)cc2c(C)cc(=O)oc12. The van der Waals surface area contributed by atoms with Crippen molar-refractivity contribution < 1.29 is 9.15 Å². The average molecular weight is 204 g/mol. The first-order chi connectivity index (χ1) is 7.11. The first-order valence-corrected chi connectivity index (χ1v) is 4.71. The zero-order valence-corrected chi connectivity index (χ0v) is 8.96. The van der Waals surface area contributed by atoms with Crippen molar-refractivity contribution in [1.29, 1.82) is 0 Å². The zero-order valence-electron chi connectivity index (χ0n) is 8.96. The molecule has 1 aromatic heterocycles. The van der Waals surface area contributed by atoms with Gasteiger partial charge in [-0.15, -0.1) is 0 Å². The summed E-state index contributed by atoms with van der Waals surface area (Å²) in [6, 6.07) is 5.32. The fourth-order valence-corrected chi connectivity index (χ4v) is 1.67. The Labute approximate surface area is 87.3 Å². The summed E-state index contributed by atoms with van der Waals surface area (Å²) in [6.07, 6.45) is 0. The highest BCUT2D eigenvalue weighted by Gasteiger charge is 2.08. The zero-order chi connectivity index (χ0) is 11.0. The summed E-state index contributed by atoms with van der Waals surface area (Å²) in [6.45, 7) is 3.87. The van der Waals surface area contributed by atoms with Crippen LogP contribution >= 0.6 is 0 Å². The van der Waals surface area contributed by atoms with Crippen LogP contribution in [0.3, 0.4) is 0 Å². The molecule has 0 aliphatic carbocycles. The molecule has 1 aromatic carbocycles. The van der Waals surface area contributed by atoms with Gasteiger partial charge in [-0.1, -0.05) is 0 Å². The van der Waals surface area contributed by atoms with Crippen LogP contribution in [0.5, 0.6) is 5.75 Å². The van der Waals surface area contributed by atoms with Gasteiger partial charge in [-0.2, -0.15) is 0 Å². The van der Waals surface area contributed by atoms with E-state index in [2.05, 4.69) is 0 Å². The van der Waals surface area contributed by atoms with E-state index < -0.39 is 0 Å². The van der Waals surface area contributed by atoms with E-state index in [4.69, 9.17) is 9.15 Å². The molecule has 0 atom stereocenters. The van der Waals surface area contributed by atoms with Crippen molar-refractivity contribution in [1.82, 2.24) is 0 Å². The molecule has 0 unspecified atom stereocenters. The molecule has 0 amide bonds. The summed E-state index contributed by atoms with van der Waals surface area (Å²) in [5.74, 6) is 0.603. The first-order valence-electron chi connectivity index (χ1n) is 4.71. The fourth-order valence-electron chi connectivity index (χ4n) is 1.67. The van der Waals surface area contributed by atoms with Crippen LogP contribution in [0, 0.1) is 13.8 Å². The minimum absolute atomic E-state index is 0.345. The Morgan fingerprint density at radius 2 is 1.93 bits per heavy atom. The highest BCUT2D eigenvalue weighted by molar-refractivity contribution is 5.86. The maximum absolute atomic E-state index is 11.2. The molecule has 0 aliphatic heterocycles. The number of methoxy groups -OCH3 is 1. The third-order valence-corrected chi connectivity index (χ3v) is 2.38. The van der Waals surface area contributed by atoms with Crippen LogP contribution in [-0.2, 0) is 0 Å². The van der Waals surface area contributed by atoms with Crippen molar-refractivity contribution in [3.63, 3.8) is 0 Å². The molecular weight excluding hydrogens is 192 g/mol. The fraction of sp³-hybridized carbons (Fsp3) is 0.250. The van der Waals surface area contributed by atoms with E-state index in [0.29, 0.717) is 11.3 Å². The smallest absolute Gasteiger partial charge is 0.336 e. The van der Waals surface area contributed by atoms with Gasteiger partial charge >= 0.3 is 5.63 Å². The van der Waals surface area contributed by atoms with Crippen molar-refractivity contribution in [2.75, 3.05) is 7.11 Å². The van der Waals surface area contributed by atoms with Crippen LogP contribution in [0.2, 0.25) is 0 Å². The molecule has 2 aromatic rings. The van der Waals surface area contributed by atoms with Gasteiger partial charge in [0.1, 0.15) is 0 Å². The van der Waals surface area contributed by atoms with Crippen molar-refractivity contribution in [3.05, 3.63) is 39.7 Å². The Hall–Kier alpha value is -1.77. The van der Waals surface area contributed by atoms with Gasteiger partial charge in [-0.25, -0.2) is 4.79 Å². The molecule has 15 heavy (non-hydrogen) atoms. The number of ether oxygens (including phenoxy) is 1. The van der Waals surface area contributed by atoms with Crippen LogP contribution in [0.25, 0.3) is 11.0 Å². The molecule has 2 rings (SSSR count). The number of aryl methyl sites for hydroxylation is 2. The van der Waals surface area contributed by atoms with E-state index in [1.54, 1.807) is 7.11 Å². The summed E-state index contributed by atoms with van der Waals surface area (Å²) in [7, 11) is 1.57. The second-order valence-corrected chi connectivity index (χ2v) is 3.59. The van der Waals surface area contributed by atoms with E-state index >= 15 is 0 Å². The Balaban J connectivity index is 2.96. The van der Waals surface area contributed by atoms with Crippen molar-refractivity contribution >= 4 is 11.0 Å². The van der Waals surface area contributed by atoms with Gasteiger partial charge in [0.15, 0.2) is 11.3 Å². The third kappa shape index (κ3) is 1.61. The molecule has 0 bridgehead atoms. The highest BCUT2D eigenvalue weighted by atomic mass is 16.5. The Kier molecular flexibility index (Phi) is 2.23. The Bertz CT molecular complexity index is 567. The van der Waals surface area contributed by atoms with Gasteiger partial charge in [0.2, 0.25) is 0 Å². The molecule has 3 heteroatoms. The molecule has 0 N–H and O–H groups in total. The molecule has 78 valence electrons. The lowest BCUT2D eigenvalue weighted by Crippen LogP contribution is -1.99.